The summed E-state index contributed by atoms with van der Waals surface area (Å²) in [5.74, 6) is 0.582. The molecule has 4 rings (SSSR count). The number of rotatable bonds is 4. The zero-order valence-corrected chi connectivity index (χ0v) is 16.8. The smallest absolute Gasteiger partial charge is 0.253 e. The summed E-state index contributed by atoms with van der Waals surface area (Å²) >= 11 is 0. The molecular formula is C20H29N3O3S. The van der Waals surface area contributed by atoms with Crippen molar-refractivity contribution in [3.05, 3.63) is 29.8 Å². The molecule has 6 nitrogen and oxygen atoms in total. The fourth-order valence-corrected chi connectivity index (χ4v) is 5.53. The van der Waals surface area contributed by atoms with Crippen molar-refractivity contribution in [1.29, 1.82) is 0 Å². The van der Waals surface area contributed by atoms with E-state index in [1.807, 2.05) is 4.90 Å². The topological polar surface area (TPSA) is 60.9 Å². The molecule has 2 heterocycles. The Morgan fingerprint density at radius 3 is 2.04 bits per heavy atom. The Labute approximate surface area is 162 Å². The summed E-state index contributed by atoms with van der Waals surface area (Å²) in [7, 11) is -3.46. The molecule has 0 atom stereocenters. The molecule has 1 aromatic carbocycles. The second kappa shape index (κ2) is 7.53. The minimum absolute atomic E-state index is 0.00110. The lowest BCUT2D eigenvalue weighted by molar-refractivity contribution is 0.0627. The molecule has 148 valence electrons. The molecule has 1 aromatic rings. The van der Waals surface area contributed by atoms with Gasteiger partial charge in [0.05, 0.1) is 4.90 Å². The first-order chi connectivity index (χ1) is 12.9. The predicted octanol–water partition coefficient (Wildman–Crippen LogP) is 2.03. The van der Waals surface area contributed by atoms with Crippen molar-refractivity contribution in [2.75, 3.05) is 39.3 Å². The third-order valence-corrected chi connectivity index (χ3v) is 8.06. The fourth-order valence-electron chi connectivity index (χ4n) is 4.06. The van der Waals surface area contributed by atoms with Crippen LogP contribution in [0.4, 0.5) is 0 Å². The van der Waals surface area contributed by atoms with Crippen LogP contribution in [0.15, 0.2) is 29.2 Å². The van der Waals surface area contributed by atoms with E-state index in [1.54, 1.807) is 28.6 Å². The maximum absolute atomic E-state index is 12.8. The minimum atomic E-state index is -3.46. The molecule has 7 heteroatoms. The molecule has 0 unspecified atom stereocenters. The van der Waals surface area contributed by atoms with Gasteiger partial charge in [-0.1, -0.05) is 6.92 Å². The summed E-state index contributed by atoms with van der Waals surface area (Å²) in [4.78, 5) is 17.4. The van der Waals surface area contributed by atoms with Crippen LogP contribution in [0.2, 0.25) is 0 Å². The van der Waals surface area contributed by atoms with Gasteiger partial charge in [-0.05, 0) is 55.9 Å². The molecule has 0 radical (unpaired) electrons. The Morgan fingerprint density at radius 2 is 1.48 bits per heavy atom. The molecule has 0 N–H and O–H groups in total. The number of piperazine rings is 1. The van der Waals surface area contributed by atoms with Gasteiger partial charge in [-0.15, -0.1) is 0 Å². The van der Waals surface area contributed by atoms with Crippen molar-refractivity contribution >= 4 is 15.9 Å². The maximum atomic E-state index is 12.8. The van der Waals surface area contributed by atoms with Crippen molar-refractivity contribution in [2.45, 2.75) is 43.5 Å². The third-order valence-electron chi connectivity index (χ3n) is 6.15. The van der Waals surface area contributed by atoms with Gasteiger partial charge in [0.15, 0.2) is 0 Å². The normalized spacial score (nSPS) is 23.5. The van der Waals surface area contributed by atoms with E-state index in [0.29, 0.717) is 24.6 Å². The van der Waals surface area contributed by atoms with Crippen molar-refractivity contribution in [3.8, 4) is 0 Å². The summed E-state index contributed by atoms with van der Waals surface area (Å²) in [5.41, 5.74) is 0.570. The van der Waals surface area contributed by atoms with Gasteiger partial charge in [0, 0.05) is 50.9 Å². The number of benzene rings is 1. The number of nitrogens with zero attached hydrogens (tertiary/aromatic N) is 3. The van der Waals surface area contributed by atoms with Gasteiger partial charge in [-0.2, -0.15) is 4.31 Å². The number of sulfonamides is 1. The minimum Gasteiger partial charge on any atom is -0.336 e. The average molecular weight is 392 g/mol. The van der Waals surface area contributed by atoms with Gasteiger partial charge in [-0.25, -0.2) is 8.42 Å². The highest BCUT2D eigenvalue weighted by Gasteiger charge is 2.33. The number of carbonyl (C=O) groups excluding carboxylic acids is 1. The van der Waals surface area contributed by atoms with E-state index < -0.39 is 10.0 Å². The zero-order chi connectivity index (χ0) is 19.0. The van der Waals surface area contributed by atoms with Crippen LogP contribution in [0.5, 0.6) is 0 Å². The first-order valence-electron chi connectivity index (χ1n) is 10.1. The Bertz CT molecular complexity index is 773. The monoisotopic (exact) mass is 391 g/mol. The van der Waals surface area contributed by atoms with Crippen LogP contribution in [0.3, 0.4) is 0 Å². The van der Waals surface area contributed by atoms with Crippen molar-refractivity contribution in [1.82, 2.24) is 14.1 Å². The first kappa shape index (κ1) is 18.9. The molecule has 1 amide bonds. The van der Waals surface area contributed by atoms with E-state index in [9.17, 15) is 13.2 Å². The number of hydrogen-bond donors (Lipinski definition) is 0. The summed E-state index contributed by atoms with van der Waals surface area (Å²) in [5, 5.41) is 0. The van der Waals surface area contributed by atoms with Crippen LogP contribution >= 0.6 is 0 Å². The number of carbonyl (C=O) groups is 1. The number of amides is 1. The SMILES string of the molecule is CC1CCN(S(=O)(=O)c2ccc(C(=O)N3CCN(C4CC4)CC3)cc2)CC1. The summed E-state index contributed by atoms with van der Waals surface area (Å²) in [6.45, 7) is 6.70. The maximum Gasteiger partial charge on any atom is 0.253 e. The van der Waals surface area contributed by atoms with Crippen LogP contribution in [-0.4, -0.2) is 73.7 Å². The molecule has 27 heavy (non-hydrogen) atoms. The molecule has 0 aromatic heterocycles. The predicted molar refractivity (Wildman–Crippen MR) is 104 cm³/mol. The van der Waals surface area contributed by atoms with Crippen molar-refractivity contribution in [2.24, 2.45) is 5.92 Å². The van der Waals surface area contributed by atoms with Crippen molar-refractivity contribution in [3.63, 3.8) is 0 Å². The van der Waals surface area contributed by atoms with Crippen LogP contribution in [0.1, 0.15) is 43.0 Å². The van der Waals surface area contributed by atoms with E-state index in [0.717, 1.165) is 45.1 Å². The molecule has 1 aliphatic carbocycles. The lowest BCUT2D eigenvalue weighted by Crippen LogP contribution is -2.49. The van der Waals surface area contributed by atoms with Crippen LogP contribution in [-0.2, 0) is 10.0 Å². The fraction of sp³-hybridized carbons (Fsp3) is 0.650. The average Bonchev–Trinajstić information content (AvgIpc) is 3.53. The second-order valence-corrected chi connectivity index (χ2v) is 10.1. The highest BCUT2D eigenvalue weighted by molar-refractivity contribution is 7.89. The second-order valence-electron chi connectivity index (χ2n) is 8.17. The number of hydrogen-bond acceptors (Lipinski definition) is 4. The molecule has 2 saturated heterocycles. The van der Waals surface area contributed by atoms with Gasteiger partial charge >= 0.3 is 0 Å². The molecule has 3 fully saturated rings. The lowest BCUT2D eigenvalue weighted by atomic mass is 10.0. The van der Waals surface area contributed by atoms with E-state index in [2.05, 4.69) is 11.8 Å². The van der Waals surface area contributed by atoms with Gasteiger partial charge in [-0.3, -0.25) is 9.69 Å². The molecule has 0 bridgehead atoms. The van der Waals surface area contributed by atoms with E-state index in [1.165, 1.54) is 12.8 Å². The standard InChI is InChI=1S/C20H29N3O3S/c1-16-8-10-23(11-9-16)27(25,26)19-6-2-17(3-7-19)20(24)22-14-12-21(13-15-22)18-4-5-18/h2-3,6-7,16,18H,4-5,8-15H2,1H3. The van der Waals surface area contributed by atoms with Gasteiger partial charge < -0.3 is 4.90 Å². The molecule has 3 aliphatic rings. The van der Waals surface area contributed by atoms with Crippen molar-refractivity contribution < 1.29 is 13.2 Å². The first-order valence-corrected chi connectivity index (χ1v) is 11.5. The quantitative estimate of drug-likeness (QED) is 0.788. The zero-order valence-electron chi connectivity index (χ0n) is 16.0. The van der Waals surface area contributed by atoms with E-state index in [4.69, 9.17) is 0 Å². The van der Waals surface area contributed by atoms with Crippen LogP contribution in [0.25, 0.3) is 0 Å². The van der Waals surface area contributed by atoms with E-state index in [-0.39, 0.29) is 10.8 Å². The third kappa shape index (κ3) is 4.05. The highest BCUT2D eigenvalue weighted by Crippen LogP contribution is 2.28. The summed E-state index contributed by atoms with van der Waals surface area (Å²) in [6, 6.07) is 7.23. The Morgan fingerprint density at radius 1 is 0.889 bits per heavy atom. The molecule has 1 saturated carbocycles. The lowest BCUT2D eigenvalue weighted by Gasteiger charge is -2.34. The molecule has 0 spiro atoms. The Hall–Kier alpha value is -1.44. The number of piperidine rings is 1. The Balaban J connectivity index is 1.40. The Kier molecular flexibility index (Phi) is 5.27. The van der Waals surface area contributed by atoms with Crippen LogP contribution in [0, 0.1) is 5.92 Å². The van der Waals surface area contributed by atoms with Gasteiger partial charge in [0.1, 0.15) is 0 Å². The molecular weight excluding hydrogens is 362 g/mol. The summed E-state index contributed by atoms with van der Waals surface area (Å²) in [6.07, 6.45) is 4.39. The largest absolute Gasteiger partial charge is 0.336 e. The van der Waals surface area contributed by atoms with E-state index >= 15 is 0 Å². The highest BCUT2D eigenvalue weighted by atomic mass is 32.2. The van der Waals surface area contributed by atoms with Crippen LogP contribution < -0.4 is 0 Å². The molecule has 2 aliphatic heterocycles. The van der Waals surface area contributed by atoms with Gasteiger partial charge in [0.2, 0.25) is 10.0 Å². The summed E-state index contributed by atoms with van der Waals surface area (Å²) < 4.78 is 27.2. The van der Waals surface area contributed by atoms with Gasteiger partial charge in [0.25, 0.3) is 5.91 Å².